The summed E-state index contributed by atoms with van der Waals surface area (Å²) in [5.74, 6) is 1.54. The van der Waals surface area contributed by atoms with Crippen molar-refractivity contribution in [3.05, 3.63) is 29.8 Å². The maximum Gasteiger partial charge on any atom is 0.118 e. The predicted octanol–water partition coefficient (Wildman–Crippen LogP) is 1.68. The van der Waals surface area contributed by atoms with Crippen molar-refractivity contribution in [2.45, 2.75) is 36.8 Å². The van der Waals surface area contributed by atoms with Crippen LogP contribution in [0.2, 0.25) is 0 Å². The van der Waals surface area contributed by atoms with Crippen LogP contribution in [0.25, 0.3) is 0 Å². The van der Waals surface area contributed by atoms with Gasteiger partial charge in [0.1, 0.15) is 11.4 Å². The highest BCUT2D eigenvalue weighted by Gasteiger charge is 2.35. The molecule has 110 valence electrons. The van der Waals surface area contributed by atoms with Gasteiger partial charge in [0.25, 0.3) is 0 Å². The largest absolute Gasteiger partial charge is 0.497 e. The smallest absolute Gasteiger partial charge is 0.118 e. The summed E-state index contributed by atoms with van der Waals surface area (Å²) in [5, 5.41) is 13.7. The van der Waals surface area contributed by atoms with Gasteiger partial charge in [-0.05, 0) is 36.5 Å². The Morgan fingerprint density at radius 1 is 1.35 bits per heavy atom. The van der Waals surface area contributed by atoms with Gasteiger partial charge in [-0.3, -0.25) is 0 Å². The standard InChI is InChI=1S/C16H23NO3/c1-19-15-4-2-12(3-5-15)13-8-14(9-13)17-10-16(18)6-7-20-11-16/h2-5,13-14,17-18H,6-11H2,1H3. The fourth-order valence-electron chi connectivity index (χ4n) is 3.00. The fraction of sp³-hybridized carbons (Fsp3) is 0.625. The SMILES string of the molecule is COc1ccc(C2CC(NCC3(O)CCOC3)C2)cc1. The number of rotatable bonds is 5. The highest BCUT2D eigenvalue weighted by molar-refractivity contribution is 5.30. The van der Waals surface area contributed by atoms with Gasteiger partial charge in [0, 0.05) is 25.6 Å². The monoisotopic (exact) mass is 277 g/mol. The number of hydrogen-bond acceptors (Lipinski definition) is 4. The second-order valence-electron chi connectivity index (χ2n) is 6.05. The Hall–Kier alpha value is -1.10. The van der Waals surface area contributed by atoms with Crippen LogP contribution in [0.1, 0.15) is 30.7 Å². The minimum atomic E-state index is -0.648. The van der Waals surface area contributed by atoms with E-state index in [0.717, 1.165) is 25.0 Å². The van der Waals surface area contributed by atoms with Crippen molar-refractivity contribution in [2.24, 2.45) is 0 Å². The molecule has 4 heteroatoms. The molecule has 20 heavy (non-hydrogen) atoms. The van der Waals surface area contributed by atoms with E-state index >= 15 is 0 Å². The van der Waals surface area contributed by atoms with E-state index in [1.165, 1.54) is 5.56 Å². The van der Waals surface area contributed by atoms with Crippen molar-refractivity contribution in [2.75, 3.05) is 26.9 Å². The van der Waals surface area contributed by atoms with E-state index in [0.29, 0.717) is 31.7 Å². The number of nitrogens with one attached hydrogen (secondary N) is 1. The average molecular weight is 277 g/mol. The predicted molar refractivity (Wildman–Crippen MR) is 77.1 cm³/mol. The third kappa shape index (κ3) is 2.97. The molecule has 1 unspecified atom stereocenters. The van der Waals surface area contributed by atoms with Gasteiger partial charge in [-0.2, -0.15) is 0 Å². The van der Waals surface area contributed by atoms with Crippen molar-refractivity contribution in [3.63, 3.8) is 0 Å². The van der Waals surface area contributed by atoms with Crippen LogP contribution in [0, 0.1) is 0 Å². The fourth-order valence-corrected chi connectivity index (χ4v) is 3.00. The van der Waals surface area contributed by atoms with Crippen molar-refractivity contribution in [1.82, 2.24) is 5.32 Å². The van der Waals surface area contributed by atoms with Gasteiger partial charge in [-0.15, -0.1) is 0 Å². The molecule has 0 aromatic heterocycles. The minimum absolute atomic E-state index is 0.467. The zero-order chi connectivity index (χ0) is 14.0. The molecule has 0 radical (unpaired) electrons. The molecular weight excluding hydrogens is 254 g/mol. The summed E-state index contributed by atoms with van der Waals surface area (Å²) >= 11 is 0. The van der Waals surface area contributed by atoms with Gasteiger partial charge < -0.3 is 19.9 Å². The van der Waals surface area contributed by atoms with Gasteiger partial charge in [0.05, 0.1) is 13.7 Å². The zero-order valence-corrected chi connectivity index (χ0v) is 12.0. The molecule has 1 aromatic rings. The van der Waals surface area contributed by atoms with E-state index in [9.17, 15) is 5.11 Å². The van der Waals surface area contributed by atoms with E-state index < -0.39 is 5.60 Å². The molecule has 2 aliphatic rings. The van der Waals surface area contributed by atoms with Gasteiger partial charge >= 0.3 is 0 Å². The lowest BCUT2D eigenvalue weighted by atomic mass is 9.75. The topological polar surface area (TPSA) is 50.7 Å². The van der Waals surface area contributed by atoms with Crippen molar-refractivity contribution in [1.29, 1.82) is 0 Å². The van der Waals surface area contributed by atoms with Crippen LogP contribution < -0.4 is 10.1 Å². The molecular formula is C16H23NO3. The number of hydrogen-bond donors (Lipinski definition) is 2. The van der Waals surface area contributed by atoms with E-state index in [2.05, 4.69) is 17.4 Å². The van der Waals surface area contributed by atoms with Crippen LogP contribution in [0.15, 0.2) is 24.3 Å². The first-order chi connectivity index (χ1) is 9.68. The highest BCUT2D eigenvalue weighted by Crippen LogP contribution is 2.37. The average Bonchev–Trinajstić information content (AvgIpc) is 2.85. The Kier molecular flexibility index (Phi) is 3.96. The normalized spacial score (nSPS) is 32.9. The second-order valence-corrected chi connectivity index (χ2v) is 6.05. The molecule has 1 aliphatic heterocycles. The van der Waals surface area contributed by atoms with Crippen LogP contribution in [0.3, 0.4) is 0 Å². The van der Waals surface area contributed by atoms with Gasteiger partial charge in [-0.25, -0.2) is 0 Å². The molecule has 2 N–H and O–H groups in total. The number of ether oxygens (including phenoxy) is 2. The number of methoxy groups -OCH3 is 1. The summed E-state index contributed by atoms with van der Waals surface area (Å²) in [5.41, 5.74) is 0.734. The van der Waals surface area contributed by atoms with Gasteiger partial charge in [0.2, 0.25) is 0 Å². The molecule has 0 amide bonds. The second kappa shape index (κ2) is 5.72. The van der Waals surface area contributed by atoms with Crippen LogP contribution >= 0.6 is 0 Å². The molecule has 3 rings (SSSR count). The molecule has 1 atom stereocenters. The van der Waals surface area contributed by atoms with Crippen molar-refractivity contribution < 1.29 is 14.6 Å². The van der Waals surface area contributed by atoms with E-state index in [4.69, 9.17) is 9.47 Å². The first-order valence-electron chi connectivity index (χ1n) is 7.36. The van der Waals surface area contributed by atoms with E-state index in [1.807, 2.05) is 12.1 Å². The lowest BCUT2D eigenvalue weighted by Crippen LogP contribution is -2.48. The summed E-state index contributed by atoms with van der Waals surface area (Å²) in [6.45, 7) is 1.79. The lowest BCUT2D eigenvalue weighted by molar-refractivity contribution is 0.0216. The van der Waals surface area contributed by atoms with E-state index in [1.54, 1.807) is 7.11 Å². The van der Waals surface area contributed by atoms with Crippen LogP contribution in [0.5, 0.6) is 5.75 Å². The quantitative estimate of drug-likeness (QED) is 0.860. The van der Waals surface area contributed by atoms with Crippen LogP contribution in [-0.4, -0.2) is 43.6 Å². The van der Waals surface area contributed by atoms with Gasteiger partial charge in [-0.1, -0.05) is 12.1 Å². The van der Waals surface area contributed by atoms with Crippen molar-refractivity contribution >= 4 is 0 Å². The molecule has 1 aliphatic carbocycles. The maximum absolute atomic E-state index is 10.2. The summed E-state index contributed by atoms with van der Waals surface area (Å²) in [7, 11) is 1.69. The Bertz CT molecular complexity index is 434. The van der Waals surface area contributed by atoms with E-state index in [-0.39, 0.29) is 0 Å². The first kappa shape index (κ1) is 13.9. The highest BCUT2D eigenvalue weighted by atomic mass is 16.5. The zero-order valence-electron chi connectivity index (χ0n) is 12.0. The Morgan fingerprint density at radius 2 is 2.10 bits per heavy atom. The molecule has 0 spiro atoms. The minimum Gasteiger partial charge on any atom is -0.497 e. The Labute approximate surface area is 120 Å². The maximum atomic E-state index is 10.2. The summed E-state index contributed by atoms with van der Waals surface area (Å²) in [6, 6.07) is 8.87. The Morgan fingerprint density at radius 3 is 2.70 bits per heavy atom. The molecule has 1 heterocycles. The summed E-state index contributed by atoms with van der Waals surface area (Å²) in [4.78, 5) is 0. The third-order valence-electron chi connectivity index (χ3n) is 4.53. The molecule has 2 fully saturated rings. The van der Waals surface area contributed by atoms with Gasteiger partial charge in [0.15, 0.2) is 0 Å². The lowest BCUT2D eigenvalue weighted by Gasteiger charge is -2.38. The van der Waals surface area contributed by atoms with Crippen molar-refractivity contribution in [3.8, 4) is 5.75 Å². The summed E-state index contributed by atoms with van der Waals surface area (Å²) in [6.07, 6.45) is 3.03. The molecule has 1 saturated carbocycles. The number of benzene rings is 1. The van der Waals surface area contributed by atoms with Crippen LogP contribution in [0.4, 0.5) is 0 Å². The molecule has 0 bridgehead atoms. The first-order valence-corrected chi connectivity index (χ1v) is 7.36. The summed E-state index contributed by atoms with van der Waals surface area (Å²) < 4.78 is 10.4. The molecule has 1 saturated heterocycles. The molecule has 1 aromatic carbocycles. The van der Waals surface area contributed by atoms with Crippen LogP contribution in [-0.2, 0) is 4.74 Å². The molecule has 4 nitrogen and oxygen atoms in total. The third-order valence-corrected chi connectivity index (χ3v) is 4.53. The number of aliphatic hydroxyl groups is 1. The Balaban J connectivity index is 1.44.